The third-order valence-electron chi connectivity index (χ3n) is 1.56. The van der Waals surface area contributed by atoms with Gasteiger partial charge in [0.05, 0.1) is 6.42 Å². The highest BCUT2D eigenvalue weighted by molar-refractivity contribution is 5.65. The van der Waals surface area contributed by atoms with E-state index in [1.165, 1.54) is 0 Å². The van der Waals surface area contributed by atoms with Crippen molar-refractivity contribution in [1.29, 1.82) is 0 Å². The zero-order valence-electron chi connectivity index (χ0n) is 9.84. The fourth-order valence-corrected chi connectivity index (χ4v) is 0.682. The van der Waals surface area contributed by atoms with Crippen molar-refractivity contribution in [3.63, 3.8) is 0 Å². The molecule has 0 aromatic rings. The molecule has 0 aromatic carbocycles. The Balaban J connectivity index is 0. The minimum Gasteiger partial charge on any atom is -0.328 e. The van der Waals surface area contributed by atoms with Crippen LogP contribution in [-0.2, 0) is 0 Å². The number of amides is 1. The summed E-state index contributed by atoms with van der Waals surface area (Å²) in [4.78, 5) is 9.54. The summed E-state index contributed by atoms with van der Waals surface area (Å²) in [6, 6.07) is 0. The fraction of sp³-hybridized carbons (Fsp3) is 0.889. The van der Waals surface area contributed by atoms with Crippen molar-refractivity contribution in [2.75, 3.05) is 6.54 Å². The highest BCUT2D eigenvalue weighted by atomic mass is 19.4. The van der Waals surface area contributed by atoms with Crippen molar-refractivity contribution in [3.05, 3.63) is 0 Å². The van der Waals surface area contributed by atoms with Crippen LogP contribution >= 0.6 is 0 Å². The number of halogens is 8. The van der Waals surface area contributed by atoms with Gasteiger partial charge in [-0.25, -0.2) is 9.18 Å². The van der Waals surface area contributed by atoms with Crippen molar-refractivity contribution >= 4 is 6.16 Å². The Kier molecular flexibility index (Phi) is 9.49. The zero-order chi connectivity index (χ0) is 15.7. The Morgan fingerprint density at radius 2 is 1.63 bits per heavy atom. The normalized spacial score (nSPS) is 13.3. The van der Waals surface area contributed by atoms with E-state index >= 15 is 0 Å². The standard InChI is InChI=1S/C5H10FNO.C4H3F7/c1-2-3-4-7-5(6)8;5-2(4(9,10)11)1-3(6,7)8/h2-4H2,1H3,(H,7,8);2H,1H2. The van der Waals surface area contributed by atoms with Crippen LogP contribution in [0.15, 0.2) is 0 Å². The molecular weight excluding hydrogens is 290 g/mol. The van der Waals surface area contributed by atoms with Crippen LogP contribution in [0, 0.1) is 0 Å². The molecule has 0 saturated carbocycles. The Labute approximate surface area is 104 Å². The van der Waals surface area contributed by atoms with Gasteiger partial charge in [0, 0.05) is 6.54 Å². The van der Waals surface area contributed by atoms with E-state index in [9.17, 15) is 39.9 Å². The summed E-state index contributed by atoms with van der Waals surface area (Å²) in [5.74, 6) is 0. The van der Waals surface area contributed by atoms with Crippen LogP contribution < -0.4 is 5.32 Å². The van der Waals surface area contributed by atoms with Gasteiger partial charge in [-0.15, -0.1) is 4.39 Å². The predicted molar refractivity (Wildman–Crippen MR) is 51.0 cm³/mol. The fourth-order valence-electron chi connectivity index (χ4n) is 0.682. The molecule has 10 heteroatoms. The molecule has 0 saturated heterocycles. The molecule has 0 aliphatic carbocycles. The monoisotopic (exact) mass is 303 g/mol. The van der Waals surface area contributed by atoms with Crippen molar-refractivity contribution in [2.24, 2.45) is 0 Å². The van der Waals surface area contributed by atoms with Crippen molar-refractivity contribution in [2.45, 2.75) is 44.7 Å². The Bertz CT molecular complexity index is 250. The highest BCUT2D eigenvalue weighted by Crippen LogP contribution is 2.32. The van der Waals surface area contributed by atoms with E-state index in [0.29, 0.717) is 6.54 Å². The maximum Gasteiger partial charge on any atom is 0.419 e. The molecule has 0 radical (unpaired) electrons. The highest BCUT2D eigenvalue weighted by Gasteiger charge is 2.47. The molecule has 0 bridgehead atoms. The van der Waals surface area contributed by atoms with Gasteiger partial charge in [-0.3, -0.25) is 0 Å². The lowest BCUT2D eigenvalue weighted by atomic mass is 10.2. The zero-order valence-corrected chi connectivity index (χ0v) is 9.84. The van der Waals surface area contributed by atoms with E-state index in [4.69, 9.17) is 0 Å². The first-order valence-corrected chi connectivity index (χ1v) is 5.11. The number of carbonyl (C=O) groups is 1. The lowest BCUT2D eigenvalue weighted by molar-refractivity contribution is -0.222. The summed E-state index contributed by atoms with van der Waals surface area (Å²) >= 11 is 0. The summed E-state index contributed by atoms with van der Waals surface area (Å²) < 4.78 is 89.4. The number of hydrogen-bond acceptors (Lipinski definition) is 1. The molecule has 116 valence electrons. The van der Waals surface area contributed by atoms with E-state index in [-0.39, 0.29) is 0 Å². The van der Waals surface area contributed by atoms with Crippen LogP contribution in [0.1, 0.15) is 26.2 Å². The van der Waals surface area contributed by atoms with Crippen LogP contribution in [0.2, 0.25) is 0 Å². The number of alkyl halides is 7. The van der Waals surface area contributed by atoms with Gasteiger partial charge >= 0.3 is 18.5 Å². The van der Waals surface area contributed by atoms with Gasteiger partial charge in [-0.05, 0) is 6.42 Å². The quantitative estimate of drug-likeness (QED) is 0.357. The molecule has 1 amide bonds. The van der Waals surface area contributed by atoms with E-state index < -0.39 is 31.1 Å². The molecular formula is C9H13F8NO. The second-order valence-electron chi connectivity index (χ2n) is 3.38. The van der Waals surface area contributed by atoms with E-state index in [1.54, 1.807) is 0 Å². The van der Waals surface area contributed by atoms with E-state index in [0.717, 1.165) is 12.8 Å². The summed E-state index contributed by atoms with van der Waals surface area (Å²) in [6.07, 6.45) is -16.4. The van der Waals surface area contributed by atoms with Gasteiger partial charge in [0.2, 0.25) is 6.17 Å². The average Bonchev–Trinajstić information content (AvgIpc) is 2.14. The Hall–Kier alpha value is -1.09. The van der Waals surface area contributed by atoms with Crippen LogP contribution in [0.5, 0.6) is 0 Å². The molecule has 1 N–H and O–H groups in total. The first-order chi connectivity index (χ1) is 8.40. The molecule has 19 heavy (non-hydrogen) atoms. The summed E-state index contributed by atoms with van der Waals surface area (Å²) in [6.45, 7) is 2.43. The van der Waals surface area contributed by atoms with Crippen LogP contribution in [0.4, 0.5) is 39.9 Å². The first kappa shape index (κ1) is 20.2. The average molecular weight is 303 g/mol. The molecule has 2 nitrogen and oxygen atoms in total. The molecule has 0 aliphatic heterocycles. The van der Waals surface area contributed by atoms with Gasteiger partial charge in [-0.1, -0.05) is 13.3 Å². The molecule has 0 aromatic heterocycles. The Morgan fingerprint density at radius 1 is 1.16 bits per heavy atom. The molecule has 1 atom stereocenters. The van der Waals surface area contributed by atoms with E-state index in [1.807, 2.05) is 12.2 Å². The summed E-state index contributed by atoms with van der Waals surface area (Å²) in [5, 5.41) is 2.04. The number of hydrogen-bond donors (Lipinski definition) is 1. The topological polar surface area (TPSA) is 29.1 Å². The predicted octanol–water partition coefficient (Wildman–Crippen LogP) is 4.30. The van der Waals surface area contributed by atoms with Gasteiger partial charge in [-0.2, -0.15) is 26.3 Å². The van der Waals surface area contributed by atoms with Gasteiger partial charge in [0.1, 0.15) is 0 Å². The van der Waals surface area contributed by atoms with Crippen molar-refractivity contribution in [3.8, 4) is 0 Å². The van der Waals surface area contributed by atoms with Crippen molar-refractivity contribution < 1.29 is 39.9 Å². The molecule has 0 heterocycles. The van der Waals surface area contributed by atoms with Gasteiger partial charge in [0.15, 0.2) is 0 Å². The summed E-state index contributed by atoms with van der Waals surface area (Å²) in [7, 11) is 0. The lowest BCUT2D eigenvalue weighted by Gasteiger charge is -2.13. The number of nitrogens with one attached hydrogen (secondary N) is 1. The third kappa shape index (κ3) is 16.9. The third-order valence-corrected chi connectivity index (χ3v) is 1.56. The number of rotatable bonds is 4. The minimum absolute atomic E-state index is 0.450. The van der Waals surface area contributed by atoms with Gasteiger partial charge < -0.3 is 5.32 Å². The largest absolute Gasteiger partial charge is 0.419 e. The molecule has 0 rings (SSSR count). The van der Waals surface area contributed by atoms with Crippen LogP contribution in [0.3, 0.4) is 0 Å². The van der Waals surface area contributed by atoms with Crippen LogP contribution in [-0.4, -0.2) is 31.2 Å². The first-order valence-electron chi connectivity index (χ1n) is 5.11. The number of carbonyl (C=O) groups excluding carboxylic acids is 1. The van der Waals surface area contributed by atoms with E-state index in [2.05, 4.69) is 0 Å². The van der Waals surface area contributed by atoms with Crippen LogP contribution in [0.25, 0.3) is 0 Å². The SMILES string of the molecule is CCCCNC(=O)F.FC(CC(F)(F)F)C(F)(F)F. The Morgan fingerprint density at radius 3 is 1.84 bits per heavy atom. The smallest absolute Gasteiger partial charge is 0.328 e. The molecule has 0 aliphatic rings. The molecule has 0 spiro atoms. The summed E-state index contributed by atoms with van der Waals surface area (Å²) in [5.41, 5.74) is 0. The van der Waals surface area contributed by atoms with Crippen molar-refractivity contribution in [1.82, 2.24) is 5.32 Å². The molecule has 0 fully saturated rings. The maximum atomic E-state index is 11.6. The minimum atomic E-state index is -5.42. The lowest BCUT2D eigenvalue weighted by Crippen LogP contribution is -2.29. The second-order valence-corrected chi connectivity index (χ2v) is 3.38. The van der Waals surface area contributed by atoms with Gasteiger partial charge in [0.25, 0.3) is 0 Å². The molecule has 1 unspecified atom stereocenters. The maximum absolute atomic E-state index is 11.6. The number of unbranched alkanes of at least 4 members (excludes halogenated alkanes) is 1. The second kappa shape index (κ2) is 8.92.